The molecule has 186 valence electrons. The minimum atomic E-state index is -3.57. The zero-order valence-corrected chi connectivity index (χ0v) is 20.1. The van der Waals surface area contributed by atoms with Gasteiger partial charge in [0.25, 0.3) is 5.91 Å². The standard InChI is InChI=1S/C23H32N4O6S/c28-21(24-10-12-26(13-11-24)23(30)20-7-4-18-33-20)8-9-22(29)25-14-16-27(17-15-25)34(31,32)19-5-2-1-3-6-19/h1-3,5-6,20H,4,7-18H2. The molecule has 1 unspecified atom stereocenters. The lowest BCUT2D eigenvalue weighted by atomic mass is 10.2. The zero-order valence-electron chi connectivity index (χ0n) is 19.3. The van der Waals surface area contributed by atoms with E-state index in [0.29, 0.717) is 45.9 Å². The van der Waals surface area contributed by atoms with Gasteiger partial charge in [-0.2, -0.15) is 4.31 Å². The number of amides is 3. The van der Waals surface area contributed by atoms with E-state index in [4.69, 9.17) is 4.74 Å². The van der Waals surface area contributed by atoms with Gasteiger partial charge in [-0.05, 0) is 25.0 Å². The van der Waals surface area contributed by atoms with E-state index in [1.54, 1.807) is 45.0 Å². The number of nitrogens with zero attached hydrogens (tertiary/aromatic N) is 4. The van der Waals surface area contributed by atoms with E-state index < -0.39 is 10.0 Å². The molecule has 0 spiro atoms. The van der Waals surface area contributed by atoms with Crippen molar-refractivity contribution in [1.82, 2.24) is 19.0 Å². The molecule has 0 bridgehead atoms. The van der Waals surface area contributed by atoms with Gasteiger partial charge in [0.1, 0.15) is 6.10 Å². The number of rotatable bonds is 6. The van der Waals surface area contributed by atoms with Crippen LogP contribution in [0.15, 0.2) is 35.2 Å². The monoisotopic (exact) mass is 492 g/mol. The molecule has 3 amide bonds. The topological polar surface area (TPSA) is 108 Å². The Hall–Kier alpha value is -2.50. The van der Waals surface area contributed by atoms with Crippen LogP contribution in [0.2, 0.25) is 0 Å². The fourth-order valence-electron chi connectivity index (χ4n) is 4.60. The number of hydrogen-bond acceptors (Lipinski definition) is 6. The molecule has 10 nitrogen and oxygen atoms in total. The van der Waals surface area contributed by atoms with Crippen molar-refractivity contribution in [2.45, 2.75) is 36.7 Å². The van der Waals surface area contributed by atoms with Crippen LogP contribution < -0.4 is 0 Å². The number of hydrogen-bond donors (Lipinski definition) is 0. The van der Waals surface area contributed by atoms with Crippen LogP contribution in [0, 0.1) is 0 Å². The van der Waals surface area contributed by atoms with Crippen LogP contribution in [0.5, 0.6) is 0 Å². The Balaban J connectivity index is 1.18. The molecule has 3 fully saturated rings. The number of carbonyl (C=O) groups is 3. The highest BCUT2D eigenvalue weighted by Crippen LogP contribution is 2.19. The van der Waals surface area contributed by atoms with Gasteiger partial charge >= 0.3 is 0 Å². The average Bonchev–Trinajstić information content (AvgIpc) is 3.42. The van der Waals surface area contributed by atoms with Gasteiger partial charge in [0.2, 0.25) is 21.8 Å². The molecule has 3 heterocycles. The van der Waals surface area contributed by atoms with Gasteiger partial charge in [-0.15, -0.1) is 0 Å². The maximum Gasteiger partial charge on any atom is 0.251 e. The summed E-state index contributed by atoms with van der Waals surface area (Å²) >= 11 is 0. The summed E-state index contributed by atoms with van der Waals surface area (Å²) in [7, 11) is -3.57. The van der Waals surface area contributed by atoms with Crippen LogP contribution in [-0.2, 0) is 29.1 Å². The quantitative estimate of drug-likeness (QED) is 0.560. The Kier molecular flexibility index (Phi) is 7.84. The second-order valence-corrected chi connectivity index (χ2v) is 10.7. The fraction of sp³-hybridized carbons (Fsp3) is 0.609. The van der Waals surface area contributed by atoms with Gasteiger partial charge in [0.05, 0.1) is 4.90 Å². The van der Waals surface area contributed by atoms with Gasteiger partial charge < -0.3 is 19.4 Å². The molecular weight excluding hydrogens is 460 g/mol. The molecule has 0 aromatic heterocycles. The summed E-state index contributed by atoms with van der Waals surface area (Å²) in [6, 6.07) is 8.27. The number of piperazine rings is 2. The maximum atomic E-state index is 12.7. The first kappa shape index (κ1) is 24.6. The van der Waals surface area contributed by atoms with E-state index in [-0.39, 0.29) is 54.7 Å². The van der Waals surface area contributed by atoms with Gasteiger partial charge in [-0.3, -0.25) is 14.4 Å². The second kappa shape index (κ2) is 10.8. The minimum Gasteiger partial charge on any atom is -0.368 e. The summed E-state index contributed by atoms with van der Waals surface area (Å²) in [5.41, 5.74) is 0. The van der Waals surface area contributed by atoms with Crippen LogP contribution in [0.3, 0.4) is 0 Å². The van der Waals surface area contributed by atoms with Crippen molar-refractivity contribution in [3.63, 3.8) is 0 Å². The first-order valence-electron chi connectivity index (χ1n) is 11.9. The average molecular weight is 493 g/mol. The summed E-state index contributed by atoms with van der Waals surface area (Å²) in [6.07, 6.45) is 1.52. The molecule has 34 heavy (non-hydrogen) atoms. The highest BCUT2D eigenvalue weighted by Gasteiger charge is 2.32. The van der Waals surface area contributed by atoms with Crippen molar-refractivity contribution in [2.75, 3.05) is 59.0 Å². The fourth-order valence-corrected chi connectivity index (χ4v) is 6.05. The molecule has 1 atom stereocenters. The lowest BCUT2D eigenvalue weighted by Crippen LogP contribution is -2.53. The van der Waals surface area contributed by atoms with Crippen molar-refractivity contribution in [3.05, 3.63) is 30.3 Å². The van der Waals surface area contributed by atoms with Crippen LogP contribution >= 0.6 is 0 Å². The Morgan fingerprint density at radius 3 is 1.85 bits per heavy atom. The molecule has 3 saturated heterocycles. The third-order valence-corrected chi connectivity index (χ3v) is 8.59. The Bertz CT molecular complexity index is 980. The van der Waals surface area contributed by atoms with E-state index in [9.17, 15) is 22.8 Å². The Morgan fingerprint density at radius 1 is 0.794 bits per heavy atom. The zero-order chi connectivity index (χ0) is 24.1. The highest BCUT2D eigenvalue weighted by atomic mass is 32.2. The Morgan fingerprint density at radius 2 is 1.32 bits per heavy atom. The van der Waals surface area contributed by atoms with Crippen LogP contribution in [-0.4, -0.2) is 110 Å². The molecule has 3 aliphatic rings. The molecular formula is C23H32N4O6S. The van der Waals surface area contributed by atoms with Crippen molar-refractivity contribution < 1.29 is 27.5 Å². The van der Waals surface area contributed by atoms with Crippen LogP contribution in [0.25, 0.3) is 0 Å². The van der Waals surface area contributed by atoms with E-state index in [1.807, 2.05) is 0 Å². The molecule has 1 aromatic carbocycles. The van der Waals surface area contributed by atoms with Crippen LogP contribution in [0.1, 0.15) is 25.7 Å². The predicted octanol–water partition coefficient (Wildman–Crippen LogP) is 0.150. The summed E-state index contributed by atoms with van der Waals surface area (Å²) < 4.78 is 32.3. The van der Waals surface area contributed by atoms with Crippen molar-refractivity contribution in [3.8, 4) is 0 Å². The third kappa shape index (κ3) is 5.59. The number of carbonyl (C=O) groups excluding carboxylic acids is 3. The van der Waals surface area contributed by atoms with Gasteiger partial charge in [0, 0.05) is 71.8 Å². The lowest BCUT2D eigenvalue weighted by Gasteiger charge is -2.36. The minimum absolute atomic E-state index is 0.00759. The summed E-state index contributed by atoms with van der Waals surface area (Å²) in [5, 5.41) is 0. The Labute approximate surface area is 200 Å². The predicted molar refractivity (Wildman–Crippen MR) is 123 cm³/mol. The van der Waals surface area contributed by atoms with Crippen molar-refractivity contribution >= 4 is 27.7 Å². The molecule has 11 heteroatoms. The summed E-state index contributed by atoms with van der Waals surface area (Å²) in [4.78, 5) is 43.0. The largest absolute Gasteiger partial charge is 0.368 e. The molecule has 4 rings (SSSR count). The van der Waals surface area contributed by atoms with E-state index in [2.05, 4.69) is 0 Å². The van der Waals surface area contributed by atoms with Crippen molar-refractivity contribution in [1.29, 1.82) is 0 Å². The first-order chi connectivity index (χ1) is 16.4. The van der Waals surface area contributed by atoms with E-state index in [1.165, 1.54) is 4.31 Å². The molecule has 0 saturated carbocycles. The SMILES string of the molecule is O=C(CCC(=O)N1CCN(S(=O)(=O)c2ccccc2)CC1)N1CCN(C(=O)C2CCCO2)CC1. The van der Waals surface area contributed by atoms with Gasteiger partial charge in [0.15, 0.2) is 0 Å². The van der Waals surface area contributed by atoms with Gasteiger partial charge in [-0.1, -0.05) is 18.2 Å². The van der Waals surface area contributed by atoms with Crippen LogP contribution in [0.4, 0.5) is 0 Å². The molecule has 1 aromatic rings. The molecule has 0 aliphatic carbocycles. The van der Waals surface area contributed by atoms with Gasteiger partial charge in [-0.25, -0.2) is 8.42 Å². The first-order valence-corrected chi connectivity index (χ1v) is 13.3. The maximum absolute atomic E-state index is 12.7. The van der Waals surface area contributed by atoms with E-state index in [0.717, 1.165) is 12.8 Å². The highest BCUT2D eigenvalue weighted by molar-refractivity contribution is 7.89. The van der Waals surface area contributed by atoms with Crippen molar-refractivity contribution in [2.24, 2.45) is 0 Å². The summed E-state index contributed by atoms with van der Waals surface area (Å²) in [6.45, 7) is 3.59. The number of benzene rings is 1. The number of sulfonamides is 1. The molecule has 3 aliphatic heterocycles. The number of ether oxygens (including phenoxy) is 1. The second-order valence-electron chi connectivity index (χ2n) is 8.81. The molecule has 0 N–H and O–H groups in total. The third-order valence-electron chi connectivity index (χ3n) is 6.67. The molecule has 0 radical (unpaired) electrons. The lowest BCUT2D eigenvalue weighted by molar-refractivity contribution is -0.146. The summed E-state index contributed by atoms with van der Waals surface area (Å²) in [5.74, 6) is -0.228. The van der Waals surface area contributed by atoms with E-state index >= 15 is 0 Å². The normalized spacial score (nSPS) is 22.1. The smallest absolute Gasteiger partial charge is 0.251 e.